The number of nitrogens with one attached hydrogen (secondary N) is 1. The number of hydrogen-bond acceptors (Lipinski definition) is 3. The highest BCUT2D eigenvalue weighted by atomic mass is 35.5. The molecule has 0 bridgehead atoms. The number of pyridine rings is 1. The van der Waals surface area contributed by atoms with Gasteiger partial charge in [-0.3, -0.25) is 0 Å². The fraction of sp³-hybridized carbons (Fsp3) is 0.167. The summed E-state index contributed by atoms with van der Waals surface area (Å²) in [6.07, 6.45) is 0. The summed E-state index contributed by atoms with van der Waals surface area (Å²) in [5.74, 6) is 4.59. The molecule has 3 nitrogen and oxygen atoms in total. The van der Waals surface area contributed by atoms with E-state index in [1.54, 1.807) is 6.92 Å². The molecule has 0 radical (unpaired) electrons. The lowest BCUT2D eigenvalue weighted by Gasteiger charge is -2.02. The third-order valence-corrected chi connectivity index (χ3v) is 1.53. The molecule has 5 heteroatoms. The van der Waals surface area contributed by atoms with Crippen LogP contribution in [0.1, 0.15) is 5.56 Å². The van der Waals surface area contributed by atoms with Gasteiger partial charge in [0.2, 0.25) is 5.95 Å². The van der Waals surface area contributed by atoms with Gasteiger partial charge in [-0.05, 0) is 13.0 Å². The molecular formula is C6H7ClFN3. The summed E-state index contributed by atoms with van der Waals surface area (Å²) in [6, 6.07) is 1.46. The quantitative estimate of drug-likeness (QED) is 0.386. The molecule has 60 valence electrons. The van der Waals surface area contributed by atoms with Gasteiger partial charge in [-0.1, -0.05) is 11.6 Å². The third kappa shape index (κ3) is 1.58. The van der Waals surface area contributed by atoms with E-state index in [1.165, 1.54) is 6.07 Å². The van der Waals surface area contributed by atoms with Crippen molar-refractivity contribution in [1.29, 1.82) is 0 Å². The summed E-state index contributed by atoms with van der Waals surface area (Å²) >= 11 is 5.63. The van der Waals surface area contributed by atoms with E-state index in [-0.39, 0.29) is 5.82 Å². The molecular weight excluding hydrogens is 169 g/mol. The lowest BCUT2D eigenvalue weighted by atomic mass is 10.3. The number of nitrogens with two attached hydrogens (primary N) is 1. The highest BCUT2D eigenvalue weighted by molar-refractivity contribution is 6.32. The van der Waals surface area contributed by atoms with Crippen LogP contribution in [0.2, 0.25) is 5.02 Å². The maximum Gasteiger partial charge on any atom is 0.217 e. The second-order valence-electron chi connectivity index (χ2n) is 2.07. The number of hydrogen-bond donors (Lipinski definition) is 2. The Bertz CT molecular complexity index is 277. The van der Waals surface area contributed by atoms with E-state index in [0.29, 0.717) is 10.6 Å². The molecule has 0 saturated heterocycles. The van der Waals surface area contributed by atoms with Crippen LogP contribution in [0, 0.1) is 12.9 Å². The Morgan fingerprint density at radius 1 is 1.73 bits per heavy atom. The van der Waals surface area contributed by atoms with Crippen LogP contribution in [-0.2, 0) is 0 Å². The summed E-state index contributed by atoms with van der Waals surface area (Å²) in [5.41, 5.74) is 2.58. The van der Waals surface area contributed by atoms with Crippen LogP contribution < -0.4 is 11.3 Å². The highest BCUT2D eigenvalue weighted by Crippen LogP contribution is 2.20. The molecule has 0 saturated carbocycles. The van der Waals surface area contributed by atoms with Crippen molar-refractivity contribution in [2.75, 3.05) is 5.43 Å². The minimum absolute atomic E-state index is 0.148. The molecule has 0 aliphatic heterocycles. The van der Waals surface area contributed by atoms with E-state index in [2.05, 4.69) is 10.4 Å². The normalized spacial score (nSPS) is 9.82. The number of aromatic nitrogens is 1. The second-order valence-corrected chi connectivity index (χ2v) is 2.48. The molecule has 3 N–H and O–H groups in total. The number of halogens is 2. The molecule has 0 atom stereocenters. The van der Waals surface area contributed by atoms with Crippen LogP contribution in [-0.4, -0.2) is 4.98 Å². The SMILES string of the molecule is Cc1cc(Cl)c(NN)nc1F. The van der Waals surface area contributed by atoms with E-state index in [9.17, 15) is 4.39 Å². The predicted molar refractivity (Wildman–Crippen MR) is 41.8 cm³/mol. The van der Waals surface area contributed by atoms with E-state index in [0.717, 1.165) is 0 Å². The largest absolute Gasteiger partial charge is 0.307 e. The van der Waals surface area contributed by atoms with Gasteiger partial charge < -0.3 is 5.43 Å². The fourth-order valence-corrected chi connectivity index (χ4v) is 0.919. The van der Waals surface area contributed by atoms with Crippen LogP contribution in [0.3, 0.4) is 0 Å². The lowest BCUT2D eigenvalue weighted by molar-refractivity contribution is 0.576. The molecule has 1 rings (SSSR count). The van der Waals surface area contributed by atoms with Gasteiger partial charge in [-0.15, -0.1) is 0 Å². The van der Waals surface area contributed by atoms with Gasteiger partial charge >= 0.3 is 0 Å². The maximum absolute atomic E-state index is 12.7. The summed E-state index contributed by atoms with van der Waals surface area (Å²) < 4.78 is 12.7. The second kappa shape index (κ2) is 3.02. The summed E-state index contributed by atoms with van der Waals surface area (Å²) in [7, 11) is 0. The predicted octanol–water partition coefficient (Wildman–Crippen LogP) is 1.47. The summed E-state index contributed by atoms with van der Waals surface area (Å²) in [6.45, 7) is 1.58. The summed E-state index contributed by atoms with van der Waals surface area (Å²) in [5, 5.41) is 0.311. The lowest BCUT2D eigenvalue weighted by Crippen LogP contribution is -2.10. The highest BCUT2D eigenvalue weighted by Gasteiger charge is 2.04. The first-order valence-corrected chi connectivity index (χ1v) is 3.32. The Balaban J connectivity index is 3.21. The first-order chi connectivity index (χ1) is 5.15. The van der Waals surface area contributed by atoms with Crippen molar-refractivity contribution in [3.05, 3.63) is 22.6 Å². The number of anilines is 1. The van der Waals surface area contributed by atoms with Gasteiger partial charge in [0.15, 0.2) is 5.82 Å². The molecule has 1 heterocycles. The van der Waals surface area contributed by atoms with Crippen molar-refractivity contribution in [2.24, 2.45) is 5.84 Å². The smallest absolute Gasteiger partial charge is 0.217 e. The first-order valence-electron chi connectivity index (χ1n) is 2.94. The van der Waals surface area contributed by atoms with Crippen LogP contribution >= 0.6 is 11.6 Å². The Kier molecular flexibility index (Phi) is 2.26. The molecule has 0 spiro atoms. The Labute approximate surface area is 68.3 Å². The van der Waals surface area contributed by atoms with Crippen LogP contribution in [0.4, 0.5) is 10.2 Å². The molecule has 11 heavy (non-hydrogen) atoms. The molecule has 1 aromatic rings. The number of aryl methyl sites for hydroxylation is 1. The molecule has 0 aliphatic rings. The van der Waals surface area contributed by atoms with Crippen molar-refractivity contribution in [3.8, 4) is 0 Å². The Morgan fingerprint density at radius 3 is 2.91 bits per heavy atom. The van der Waals surface area contributed by atoms with Gasteiger partial charge in [0.05, 0.1) is 5.02 Å². The average molecular weight is 176 g/mol. The maximum atomic E-state index is 12.7. The van der Waals surface area contributed by atoms with Gasteiger partial charge in [0.25, 0.3) is 0 Å². The molecule has 0 unspecified atom stereocenters. The van der Waals surface area contributed by atoms with Crippen molar-refractivity contribution in [1.82, 2.24) is 4.98 Å². The minimum Gasteiger partial charge on any atom is -0.307 e. The van der Waals surface area contributed by atoms with Crippen molar-refractivity contribution >= 4 is 17.4 Å². The van der Waals surface area contributed by atoms with Crippen LogP contribution in [0.25, 0.3) is 0 Å². The molecule has 0 fully saturated rings. The topological polar surface area (TPSA) is 50.9 Å². The monoisotopic (exact) mass is 175 g/mol. The molecule has 0 aliphatic carbocycles. The van der Waals surface area contributed by atoms with Crippen molar-refractivity contribution < 1.29 is 4.39 Å². The van der Waals surface area contributed by atoms with Crippen LogP contribution in [0.15, 0.2) is 6.07 Å². The van der Waals surface area contributed by atoms with Gasteiger partial charge in [0, 0.05) is 5.56 Å². The van der Waals surface area contributed by atoms with E-state index < -0.39 is 5.95 Å². The summed E-state index contributed by atoms with van der Waals surface area (Å²) in [4.78, 5) is 3.46. The van der Waals surface area contributed by atoms with Gasteiger partial charge in [0.1, 0.15) is 0 Å². The van der Waals surface area contributed by atoms with Crippen LogP contribution in [0.5, 0.6) is 0 Å². The zero-order valence-electron chi connectivity index (χ0n) is 5.86. The first kappa shape index (κ1) is 8.23. The standard InChI is InChI=1S/C6H7ClFN3/c1-3-2-4(7)6(11-9)10-5(3)8/h2H,9H2,1H3,(H,10,11). The molecule has 0 aromatic carbocycles. The Hall–Kier alpha value is -0.870. The van der Waals surface area contributed by atoms with Crippen molar-refractivity contribution in [2.45, 2.75) is 6.92 Å². The van der Waals surface area contributed by atoms with Gasteiger partial charge in [-0.25, -0.2) is 5.84 Å². The fourth-order valence-electron chi connectivity index (χ4n) is 0.659. The third-order valence-electron chi connectivity index (χ3n) is 1.24. The molecule has 1 aromatic heterocycles. The number of nitrogen functional groups attached to an aromatic ring is 1. The van der Waals surface area contributed by atoms with Crippen molar-refractivity contribution in [3.63, 3.8) is 0 Å². The average Bonchev–Trinajstić information content (AvgIpc) is 1.97. The minimum atomic E-state index is -0.567. The zero-order chi connectivity index (χ0) is 8.43. The number of nitrogens with zero attached hydrogens (tertiary/aromatic N) is 1. The Morgan fingerprint density at radius 2 is 2.36 bits per heavy atom. The number of rotatable bonds is 1. The van der Waals surface area contributed by atoms with E-state index in [4.69, 9.17) is 17.4 Å². The molecule has 0 amide bonds. The van der Waals surface area contributed by atoms with E-state index in [1.807, 2.05) is 0 Å². The zero-order valence-corrected chi connectivity index (χ0v) is 6.61. The van der Waals surface area contributed by atoms with Gasteiger partial charge in [-0.2, -0.15) is 9.37 Å². The van der Waals surface area contributed by atoms with E-state index >= 15 is 0 Å². The number of hydrazine groups is 1.